The van der Waals surface area contributed by atoms with E-state index in [2.05, 4.69) is 16.3 Å². The van der Waals surface area contributed by atoms with Crippen LogP contribution in [0.3, 0.4) is 0 Å². The molecule has 2 rings (SSSR count). The van der Waals surface area contributed by atoms with Crippen LogP contribution >= 0.6 is 11.6 Å². The van der Waals surface area contributed by atoms with Crippen LogP contribution in [0.25, 0.3) is 0 Å². The van der Waals surface area contributed by atoms with Crippen molar-refractivity contribution in [2.24, 2.45) is 0 Å². The van der Waals surface area contributed by atoms with Gasteiger partial charge in [0, 0.05) is 29.8 Å². The van der Waals surface area contributed by atoms with E-state index in [0.29, 0.717) is 12.6 Å². The molecule has 1 saturated carbocycles. The molecule has 0 heterocycles. The summed E-state index contributed by atoms with van der Waals surface area (Å²) >= 11 is 6.12. The number of anilines is 1. The van der Waals surface area contributed by atoms with Crippen LogP contribution in [0.15, 0.2) is 18.2 Å². The number of aliphatic hydroxyl groups is 1. The monoisotopic (exact) mass is 268 g/mol. The van der Waals surface area contributed by atoms with Crippen LogP contribution in [0.5, 0.6) is 0 Å². The third-order valence-electron chi connectivity index (χ3n) is 3.58. The van der Waals surface area contributed by atoms with Crippen molar-refractivity contribution >= 4 is 17.3 Å². The summed E-state index contributed by atoms with van der Waals surface area (Å²) in [5.74, 6) is 0. The quantitative estimate of drug-likeness (QED) is 0.832. The van der Waals surface area contributed by atoms with Crippen molar-refractivity contribution < 1.29 is 5.11 Å². The molecule has 0 aliphatic heterocycles. The van der Waals surface area contributed by atoms with Crippen molar-refractivity contribution in [3.05, 3.63) is 28.8 Å². The fourth-order valence-electron chi connectivity index (χ4n) is 2.45. The van der Waals surface area contributed by atoms with Gasteiger partial charge in [-0.25, -0.2) is 0 Å². The van der Waals surface area contributed by atoms with Gasteiger partial charge in [0.05, 0.1) is 6.61 Å². The van der Waals surface area contributed by atoms with Crippen molar-refractivity contribution in [2.45, 2.75) is 31.8 Å². The summed E-state index contributed by atoms with van der Waals surface area (Å²) in [6.07, 6.45) is 3.71. The molecule has 100 valence electrons. The number of benzene rings is 1. The van der Waals surface area contributed by atoms with Crippen LogP contribution in [0.1, 0.15) is 24.8 Å². The molecule has 0 aromatic heterocycles. The predicted molar refractivity (Wildman–Crippen MR) is 76.3 cm³/mol. The fraction of sp³-hybridized carbons (Fsp3) is 0.571. The summed E-state index contributed by atoms with van der Waals surface area (Å²) in [7, 11) is 1.94. The zero-order valence-corrected chi connectivity index (χ0v) is 11.6. The third kappa shape index (κ3) is 2.97. The van der Waals surface area contributed by atoms with Crippen molar-refractivity contribution in [3.8, 4) is 0 Å². The number of hydrogen-bond acceptors (Lipinski definition) is 3. The zero-order chi connectivity index (χ0) is 13.0. The van der Waals surface area contributed by atoms with E-state index in [1.807, 2.05) is 19.2 Å². The lowest BCUT2D eigenvalue weighted by Crippen LogP contribution is -2.42. The van der Waals surface area contributed by atoms with Gasteiger partial charge in [0.2, 0.25) is 0 Å². The van der Waals surface area contributed by atoms with Gasteiger partial charge >= 0.3 is 0 Å². The molecule has 2 N–H and O–H groups in total. The molecule has 0 unspecified atom stereocenters. The second kappa shape index (κ2) is 6.41. The van der Waals surface area contributed by atoms with Crippen molar-refractivity contribution in [1.82, 2.24) is 5.32 Å². The molecule has 1 fully saturated rings. The van der Waals surface area contributed by atoms with E-state index in [0.717, 1.165) is 17.3 Å². The summed E-state index contributed by atoms with van der Waals surface area (Å²) in [6, 6.07) is 6.57. The SMILES string of the molecule is CNCc1ccc(Cl)cc1N(CCO)C1CCC1. The highest BCUT2D eigenvalue weighted by atomic mass is 35.5. The molecular formula is C14H21ClN2O. The Labute approximate surface area is 114 Å². The molecular weight excluding hydrogens is 248 g/mol. The topological polar surface area (TPSA) is 35.5 Å². The van der Waals surface area contributed by atoms with Crippen LogP contribution in [0.4, 0.5) is 5.69 Å². The minimum absolute atomic E-state index is 0.183. The lowest BCUT2D eigenvalue weighted by Gasteiger charge is -2.40. The van der Waals surface area contributed by atoms with E-state index in [9.17, 15) is 5.11 Å². The van der Waals surface area contributed by atoms with Gasteiger partial charge < -0.3 is 15.3 Å². The molecule has 1 aromatic rings. The van der Waals surface area contributed by atoms with Gasteiger partial charge in [-0.15, -0.1) is 0 Å². The van der Waals surface area contributed by atoms with Crippen molar-refractivity contribution in [2.75, 3.05) is 25.1 Å². The molecule has 0 atom stereocenters. The van der Waals surface area contributed by atoms with Crippen molar-refractivity contribution in [1.29, 1.82) is 0 Å². The van der Waals surface area contributed by atoms with E-state index in [4.69, 9.17) is 11.6 Å². The highest BCUT2D eigenvalue weighted by molar-refractivity contribution is 6.30. The number of nitrogens with zero attached hydrogens (tertiary/aromatic N) is 1. The summed E-state index contributed by atoms with van der Waals surface area (Å²) in [4.78, 5) is 2.31. The Kier molecular flexibility index (Phi) is 4.87. The molecule has 18 heavy (non-hydrogen) atoms. The molecule has 0 amide bonds. The van der Waals surface area contributed by atoms with Crippen LogP contribution in [0, 0.1) is 0 Å². The van der Waals surface area contributed by atoms with E-state index < -0.39 is 0 Å². The van der Waals surface area contributed by atoms with Gasteiger partial charge in [0.25, 0.3) is 0 Å². The van der Waals surface area contributed by atoms with Crippen molar-refractivity contribution in [3.63, 3.8) is 0 Å². The molecule has 3 nitrogen and oxygen atoms in total. The smallest absolute Gasteiger partial charge is 0.0606 e. The summed E-state index contributed by atoms with van der Waals surface area (Å²) < 4.78 is 0. The summed E-state index contributed by atoms with van der Waals surface area (Å²) in [6.45, 7) is 1.69. The van der Waals surface area contributed by atoms with E-state index in [1.54, 1.807) is 0 Å². The Morgan fingerprint density at radius 3 is 2.78 bits per heavy atom. The minimum atomic E-state index is 0.183. The summed E-state index contributed by atoms with van der Waals surface area (Å²) in [5, 5.41) is 13.2. The first-order valence-electron chi connectivity index (χ1n) is 6.56. The first-order valence-corrected chi connectivity index (χ1v) is 6.94. The molecule has 0 saturated heterocycles. The first-order chi connectivity index (χ1) is 8.76. The number of nitrogens with one attached hydrogen (secondary N) is 1. The van der Waals surface area contributed by atoms with Crippen LogP contribution < -0.4 is 10.2 Å². The molecule has 0 spiro atoms. The van der Waals surface area contributed by atoms with Gasteiger partial charge in [-0.3, -0.25) is 0 Å². The van der Waals surface area contributed by atoms with E-state index >= 15 is 0 Å². The Balaban J connectivity index is 2.28. The van der Waals surface area contributed by atoms with Gasteiger partial charge in [-0.05, 0) is 44.0 Å². The average molecular weight is 269 g/mol. The van der Waals surface area contributed by atoms with Gasteiger partial charge in [-0.1, -0.05) is 17.7 Å². The maximum atomic E-state index is 9.27. The average Bonchev–Trinajstić information content (AvgIpc) is 2.29. The molecule has 0 radical (unpaired) electrons. The number of aliphatic hydroxyl groups excluding tert-OH is 1. The van der Waals surface area contributed by atoms with Crippen LogP contribution in [0.2, 0.25) is 5.02 Å². The Morgan fingerprint density at radius 1 is 1.44 bits per heavy atom. The largest absolute Gasteiger partial charge is 0.395 e. The second-order valence-electron chi connectivity index (χ2n) is 4.81. The molecule has 1 aliphatic carbocycles. The normalized spacial score (nSPS) is 15.5. The highest BCUT2D eigenvalue weighted by Crippen LogP contribution is 2.33. The lowest BCUT2D eigenvalue weighted by molar-refractivity contribution is 0.283. The maximum Gasteiger partial charge on any atom is 0.0606 e. The molecule has 1 aromatic carbocycles. The molecule has 4 heteroatoms. The summed E-state index contributed by atoms with van der Waals surface area (Å²) in [5.41, 5.74) is 2.40. The Morgan fingerprint density at radius 2 is 2.22 bits per heavy atom. The molecule has 0 bridgehead atoms. The van der Waals surface area contributed by atoms with Crippen LogP contribution in [-0.4, -0.2) is 31.3 Å². The van der Waals surface area contributed by atoms with Gasteiger partial charge in [0.1, 0.15) is 0 Å². The molecule has 1 aliphatic rings. The Bertz CT molecular complexity index is 393. The van der Waals surface area contributed by atoms with E-state index in [-0.39, 0.29) is 6.61 Å². The number of hydrogen-bond donors (Lipinski definition) is 2. The minimum Gasteiger partial charge on any atom is -0.395 e. The first kappa shape index (κ1) is 13.7. The second-order valence-corrected chi connectivity index (χ2v) is 5.24. The highest BCUT2D eigenvalue weighted by Gasteiger charge is 2.26. The maximum absolute atomic E-state index is 9.27. The number of halogens is 1. The van der Waals surface area contributed by atoms with Crippen LogP contribution in [-0.2, 0) is 6.54 Å². The standard InChI is InChI=1S/C14H21ClN2O/c1-16-10-11-5-6-12(15)9-14(11)17(7-8-18)13-3-2-4-13/h5-6,9,13,16,18H,2-4,7-8,10H2,1H3. The zero-order valence-electron chi connectivity index (χ0n) is 10.8. The lowest BCUT2D eigenvalue weighted by atomic mass is 9.90. The number of rotatable bonds is 6. The fourth-order valence-corrected chi connectivity index (χ4v) is 2.62. The van der Waals surface area contributed by atoms with E-state index in [1.165, 1.54) is 24.8 Å². The van der Waals surface area contributed by atoms with Gasteiger partial charge in [0.15, 0.2) is 0 Å². The van der Waals surface area contributed by atoms with Gasteiger partial charge in [-0.2, -0.15) is 0 Å². The predicted octanol–water partition coefficient (Wildman–Crippen LogP) is 2.41. The Hall–Kier alpha value is -0.770. The third-order valence-corrected chi connectivity index (χ3v) is 3.82.